The molecule has 0 saturated heterocycles. The van der Waals surface area contributed by atoms with Gasteiger partial charge in [0, 0.05) is 6.04 Å². The number of rotatable bonds is 5. The van der Waals surface area contributed by atoms with E-state index in [0.717, 1.165) is 25.7 Å². The summed E-state index contributed by atoms with van der Waals surface area (Å²) in [5, 5.41) is 22.0. The minimum absolute atomic E-state index is 0.0641. The van der Waals surface area contributed by atoms with Crippen LogP contribution in [0.3, 0.4) is 0 Å². The first-order chi connectivity index (χ1) is 7.99. The highest BCUT2D eigenvalue weighted by atomic mass is 16.4. The van der Waals surface area contributed by atoms with Crippen molar-refractivity contribution >= 4 is 18.0 Å². The second-order valence-electron chi connectivity index (χ2n) is 4.09. The van der Waals surface area contributed by atoms with Crippen LogP contribution in [0.5, 0.6) is 0 Å². The lowest BCUT2D eigenvalue weighted by Gasteiger charge is -2.16. The molecule has 0 aliphatic heterocycles. The number of carbonyl (C=O) groups excluding carboxylic acids is 1. The maximum atomic E-state index is 11.4. The molecule has 0 aromatic rings. The van der Waals surface area contributed by atoms with Gasteiger partial charge in [-0.1, -0.05) is 12.8 Å². The number of nitrogens with one attached hydrogen (secondary N) is 2. The van der Waals surface area contributed by atoms with Crippen LogP contribution in [-0.4, -0.2) is 40.3 Å². The molecule has 96 valence electrons. The van der Waals surface area contributed by atoms with Crippen molar-refractivity contribution < 1.29 is 24.6 Å². The van der Waals surface area contributed by atoms with Crippen LogP contribution in [0.25, 0.3) is 0 Å². The molecule has 0 aromatic carbocycles. The Kier molecular flexibility index (Phi) is 4.74. The van der Waals surface area contributed by atoms with E-state index in [1.165, 1.54) is 0 Å². The van der Waals surface area contributed by atoms with Crippen molar-refractivity contribution in [2.24, 2.45) is 0 Å². The third-order valence-corrected chi connectivity index (χ3v) is 2.67. The van der Waals surface area contributed by atoms with Crippen LogP contribution in [0.1, 0.15) is 32.1 Å². The molecule has 0 bridgehead atoms. The van der Waals surface area contributed by atoms with Gasteiger partial charge in [0.1, 0.15) is 6.04 Å². The molecular weight excluding hydrogens is 228 g/mol. The summed E-state index contributed by atoms with van der Waals surface area (Å²) in [4.78, 5) is 32.5. The molecule has 1 aliphatic carbocycles. The molecule has 4 N–H and O–H groups in total. The van der Waals surface area contributed by atoms with E-state index in [-0.39, 0.29) is 6.04 Å². The molecule has 17 heavy (non-hydrogen) atoms. The first-order valence-corrected chi connectivity index (χ1v) is 5.50. The normalized spacial score (nSPS) is 17.4. The van der Waals surface area contributed by atoms with Crippen LogP contribution in [0.2, 0.25) is 0 Å². The summed E-state index contributed by atoms with van der Waals surface area (Å²) in [6.07, 6.45) is 3.21. The van der Waals surface area contributed by atoms with Gasteiger partial charge in [-0.25, -0.2) is 9.59 Å². The largest absolute Gasteiger partial charge is 0.481 e. The average Bonchev–Trinajstić information content (AvgIpc) is 2.68. The maximum Gasteiger partial charge on any atom is 0.326 e. The van der Waals surface area contributed by atoms with E-state index in [1.807, 2.05) is 0 Å². The standard InChI is InChI=1S/C10H16N2O5/c13-8(14)5-7(9(15)16)12-10(17)11-6-3-1-2-4-6/h6-7H,1-5H2,(H,13,14)(H,15,16)(H2,11,12,17). The zero-order valence-corrected chi connectivity index (χ0v) is 9.31. The van der Waals surface area contributed by atoms with Crippen molar-refractivity contribution in [3.05, 3.63) is 0 Å². The molecule has 7 heteroatoms. The first kappa shape index (κ1) is 13.3. The Balaban J connectivity index is 2.40. The number of aliphatic carboxylic acids is 2. The fourth-order valence-electron chi connectivity index (χ4n) is 1.83. The molecule has 0 heterocycles. The third kappa shape index (κ3) is 4.71. The fraction of sp³-hybridized carbons (Fsp3) is 0.700. The van der Waals surface area contributed by atoms with E-state index in [2.05, 4.69) is 10.6 Å². The van der Waals surface area contributed by atoms with Crippen molar-refractivity contribution in [2.45, 2.75) is 44.2 Å². The number of carboxylic acids is 2. The molecule has 2 amide bonds. The molecule has 1 unspecified atom stereocenters. The zero-order valence-electron chi connectivity index (χ0n) is 9.31. The van der Waals surface area contributed by atoms with Gasteiger partial charge in [-0.05, 0) is 12.8 Å². The van der Waals surface area contributed by atoms with Gasteiger partial charge in [-0.3, -0.25) is 4.79 Å². The van der Waals surface area contributed by atoms with E-state index in [4.69, 9.17) is 10.2 Å². The lowest BCUT2D eigenvalue weighted by atomic mass is 10.2. The van der Waals surface area contributed by atoms with Gasteiger partial charge < -0.3 is 20.8 Å². The molecule has 1 rings (SSSR count). The molecule has 1 saturated carbocycles. The SMILES string of the molecule is O=C(O)CC(NC(=O)NC1CCCC1)C(=O)O. The van der Waals surface area contributed by atoms with Crippen LogP contribution >= 0.6 is 0 Å². The Morgan fingerprint density at radius 1 is 1.18 bits per heavy atom. The van der Waals surface area contributed by atoms with Gasteiger partial charge in [0.05, 0.1) is 6.42 Å². The maximum absolute atomic E-state index is 11.4. The number of hydrogen-bond donors (Lipinski definition) is 4. The number of carboxylic acid groups (broad SMARTS) is 2. The second-order valence-corrected chi connectivity index (χ2v) is 4.09. The Morgan fingerprint density at radius 2 is 1.76 bits per heavy atom. The molecule has 7 nitrogen and oxygen atoms in total. The monoisotopic (exact) mass is 244 g/mol. The van der Waals surface area contributed by atoms with Crippen molar-refractivity contribution in [1.29, 1.82) is 0 Å². The third-order valence-electron chi connectivity index (χ3n) is 2.67. The highest BCUT2D eigenvalue weighted by Gasteiger charge is 2.24. The minimum atomic E-state index is -1.39. The quantitative estimate of drug-likeness (QED) is 0.549. The molecule has 1 fully saturated rings. The van der Waals surface area contributed by atoms with Gasteiger partial charge in [-0.15, -0.1) is 0 Å². The Hall–Kier alpha value is -1.79. The predicted octanol–water partition coefficient (Wildman–Crippen LogP) is 0.156. The molecule has 1 aliphatic rings. The van der Waals surface area contributed by atoms with Crippen molar-refractivity contribution in [3.63, 3.8) is 0 Å². The van der Waals surface area contributed by atoms with Crippen molar-refractivity contribution in [3.8, 4) is 0 Å². The molecular formula is C10H16N2O5. The minimum Gasteiger partial charge on any atom is -0.481 e. The van der Waals surface area contributed by atoms with Crippen LogP contribution in [-0.2, 0) is 9.59 Å². The number of urea groups is 1. The number of carbonyl (C=O) groups is 3. The summed E-state index contributed by atoms with van der Waals surface area (Å²) >= 11 is 0. The molecule has 1 atom stereocenters. The van der Waals surface area contributed by atoms with Gasteiger partial charge >= 0.3 is 18.0 Å². The summed E-state index contributed by atoms with van der Waals surface area (Å²) in [5.74, 6) is -2.62. The Labute approximate surface area is 98.2 Å². The first-order valence-electron chi connectivity index (χ1n) is 5.50. The van der Waals surface area contributed by atoms with Crippen molar-refractivity contribution in [1.82, 2.24) is 10.6 Å². The highest BCUT2D eigenvalue weighted by Crippen LogP contribution is 2.17. The van der Waals surface area contributed by atoms with Gasteiger partial charge in [0.15, 0.2) is 0 Å². The van der Waals surface area contributed by atoms with E-state index >= 15 is 0 Å². The van der Waals surface area contributed by atoms with Crippen LogP contribution in [0, 0.1) is 0 Å². The Morgan fingerprint density at radius 3 is 2.24 bits per heavy atom. The Bertz CT molecular complexity index is 312. The molecule has 0 spiro atoms. The summed E-state index contributed by atoms with van der Waals surface area (Å²) in [6.45, 7) is 0. The molecule has 0 radical (unpaired) electrons. The van der Waals surface area contributed by atoms with E-state index in [9.17, 15) is 14.4 Å². The zero-order chi connectivity index (χ0) is 12.8. The van der Waals surface area contributed by atoms with Crippen LogP contribution in [0.15, 0.2) is 0 Å². The second kappa shape index (κ2) is 6.07. The van der Waals surface area contributed by atoms with E-state index in [0.29, 0.717) is 0 Å². The smallest absolute Gasteiger partial charge is 0.326 e. The summed E-state index contributed by atoms with van der Waals surface area (Å²) in [6, 6.07) is -1.95. The summed E-state index contributed by atoms with van der Waals surface area (Å²) < 4.78 is 0. The lowest BCUT2D eigenvalue weighted by Crippen LogP contribution is -2.49. The summed E-state index contributed by atoms with van der Waals surface area (Å²) in [5.41, 5.74) is 0. The predicted molar refractivity (Wildman–Crippen MR) is 57.6 cm³/mol. The van der Waals surface area contributed by atoms with Crippen molar-refractivity contribution in [2.75, 3.05) is 0 Å². The van der Waals surface area contributed by atoms with Crippen LogP contribution in [0.4, 0.5) is 4.79 Å². The fourth-order valence-corrected chi connectivity index (χ4v) is 1.83. The topological polar surface area (TPSA) is 116 Å². The van der Waals surface area contributed by atoms with E-state index in [1.54, 1.807) is 0 Å². The van der Waals surface area contributed by atoms with Gasteiger partial charge in [0.25, 0.3) is 0 Å². The van der Waals surface area contributed by atoms with Crippen LogP contribution < -0.4 is 10.6 Å². The van der Waals surface area contributed by atoms with Gasteiger partial charge in [0.2, 0.25) is 0 Å². The highest BCUT2D eigenvalue weighted by molar-refractivity contribution is 5.86. The van der Waals surface area contributed by atoms with Gasteiger partial charge in [-0.2, -0.15) is 0 Å². The number of hydrogen-bond acceptors (Lipinski definition) is 3. The number of amides is 2. The molecule has 0 aromatic heterocycles. The lowest BCUT2D eigenvalue weighted by molar-refractivity contribution is -0.145. The average molecular weight is 244 g/mol. The van der Waals surface area contributed by atoms with E-state index < -0.39 is 30.4 Å². The summed E-state index contributed by atoms with van der Waals surface area (Å²) in [7, 11) is 0.